The van der Waals surface area contributed by atoms with Crippen molar-refractivity contribution >= 4 is 27.9 Å². The molecule has 0 spiro atoms. The molecular formula is C11H11ClN4S. The van der Waals surface area contributed by atoms with Gasteiger partial charge in [0.1, 0.15) is 0 Å². The Morgan fingerprint density at radius 1 is 1.41 bits per heavy atom. The van der Waals surface area contributed by atoms with Crippen LogP contribution in [0.3, 0.4) is 0 Å². The van der Waals surface area contributed by atoms with Crippen molar-refractivity contribution in [3.63, 3.8) is 0 Å². The van der Waals surface area contributed by atoms with Crippen LogP contribution < -0.4 is 0 Å². The Morgan fingerprint density at radius 3 is 2.88 bits per heavy atom. The lowest BCUT2D eigenvalue weighted by molar-refractivity contribution is 0.803. The van der Waals surface area contributed by atoms with Gasteiger partial charge in [-0.15, -0.1) is 22.9 Å². The molecule has 0 amide bonds. The van der Waals surface area contributed by atoms with E-state index in [9.17, 15) is 0 Å². The molecule has 0 aromatic carbocycles. The zero-order chi connectivity index (χ0) is 12.0. The van der Waals surface area contributed by atoms with Crippen molar-refractivity contribution in [3.05, 3.63) is 34.7 Å². The molecule has 3 aromatic rings. The number of hydrogen-bond donors (Lipinski definition) is 0. The van der Waals surface area contributed by atoms with Gasteiger partial charge in [-0.3, -0.25) is 4.40 Å². The van der Waals surface area contributed by atoms with Gasteiger partial charge in [0.15, 0.2) is 10.8 Å². The number of rotatable bonds is 2. The molecule has 0 radical (unpaired) electrons. The zero-order valence-electron chi connectivity index (χ0n) is 9.51. The van der Waals surface area contributed by atoms with Crippen LogP contribution in [0.1, 0.15) is 17.1 Å². The summed E-state index contributed by atoms with van der Waals surface area (Å²) in [5.41, 5.74) is 3.04. The second-order valence-electron chi connectivity index (χ2n) is 3.91. The maximum atomic E-state index is 6.02. The second kappa shape index (κ2) is 3.85. The molecule has 0 bridgehead atoms. The van der Waals surface area contributed by atoms with Crippen LogP contribution in [-0.2, 0) is 5.88 Å². The summed E-state index contributed by atoms with van der Waals surface area (Å²) in [6.07, 6.45) is 1.99. The Balaban J connectivity index is 2.29. The van der Waals surface area contributed by atoms with Crippen LogP contribution in [0.4, 0.5) is 0 Å². The fraction of sp³-hybridized carbons (Fsp3) is 0.273. The Kier molecular flexibility index (Phi) is 2.45. The summed E-state index contributed by atoms with van der Waals surface area (Å²) in [7, 11) is 0. The predicted octanol–water partition coefficient (Wildman–Crippen LogP) is 2.94. The molecular weight excluding hydrogens is 256 g/mol. The third-order valence-corrected chi connectivity index (χ3v) is 3.69. The van der Waals surface area contributed by atoms with Gasteiger partial charge in [0.25, 0.3) is 0 Å². The second-order valence-corrected chi connectivity index (χ2v) is 5.05. The quantitative estimate of drug-likeness (QED) is 0.669. The first kappa shape index (κ1) is 10.8. The van der Waals surface area contributed by atoms with Gasteiger partial charge in [-0.25, -0.2) is 4.68 Å². The molecule has 17 heavy (non-hydrogen) atoms. The Morgan fingerprint density at radius 2 is 2.24 bits per heavy atom. The number of imidazole rings is 1. The molecule has 3 aromatic heterocycles. The number of halogens is 1. The molecule has 0 aliphatic carbocycles. The normalized spacial score (nSPS) is 11.5. The van der Waals surface area contributed by atoms with Crippen LogP contribution in [0.15, 0.2) is 17.6 Å². The standard InChI is InChI=1S/C11H11ClN4S/c1-7-5-8(2)16(14-7)10-9(6-12)15-3-4-17-11(15)13-10/h3-5H,6H2,1-2H3. The Bertz CT molecular complexity index is 679. The molecule has 0 unspecified atom stereocenters. The number of fused-ring (bicyclic) bond motifs is 1. The lowest BCUT2D eigenvalue weighted by Gasteiger charge is -2.02. The van der Waals surface area contributed by atoms with E-state index >= 15 is 0 Å². The van der Waals surface area contributed by atoms with Crippen LogP contribution in [0, 0.1) is 13.8 Å². The number of aromatic nitrogens is 4. The van der Waals surface area contributed by atoms with E-state index in [0.29, 0.717) is 5.88 Å². The molecule has 0 fully saturated rings. The monoisotopic (exact) mass is 266 g/mol. The summed E-state index contributed by atoms with van der Waals surface area (Å²) in [5.74, 6) is 1.25. The first-order valence-electron chi connectivity index (χ1n) is 5.24. The average molecular weight is 267 g/mol. The summed E-state index contributed by atoms with van der Waals surface area (Å²) < 4.78 is 3.87. The van der Waals surface area contributed by atoms with Gasteiger partial charge >= 0.3 is 0 Å². The minimum absolute atomic E-state index is 0.422. The molecule has 0 saturated carbocycles. The number of nitrogens with zero attached hydrogens (tertiary/aromatic N) is 4. The van der Waals surface area contributed by atoms with Gasteiger partial charge in [0, 0.05) is 17.3 Å². The topological polar surface area (TPSA) is 35.1 Å². The fourth-order valence-electron chi connectivity index (χ4n) is 1.96. The van der Waals surface area contributed by atoms with Crippen LogP contribution in [0.5, 0.6) is 0 Å². The van der Waals surface area contributed by atoms with Crippen molar-refractivity contribution in [2.24, 2.45) is 0 Å². The minimum Gasteiger partial charge on any atom is -0.291 e. The zero-order valence-corrected chi connectivity index (χ0v) is 11.1. The summed E-state index contributed by atoms with van der Waals surface area (Å²) in [6, 6.07) is 2.03. The van der Waals surface area contributed by atoms with Crippen LogP contribution >= 0.6 is 22.9 Å². The van der Waals surface area contributed by atoms with Crippen LogP contribution in [0.25, 0.3) is 10.8 Å². The molecule has 88 valence electrons. The highest BCUT2D eigenvalue weighted by Gasteiger charge is 2.16. The van der Waals surface area contributed by atoms with Gasteiger partial charge in [-0.05, 0) is 19.9 Å². The number of alkyl halides is 1. The summed E-state index contributed by atoms with van der Waals surface area (Å²) in [4.78, 5) is 5.53. The smallest absolute Gasteiger partial charge is 0.195 e. The molecule has 3 heterocycles. The van der Waals surface area contributed by atoms with E-state index in [1.54, 1.807) is 11.3 Å². The minimum atomic E-state index is 0.422. The highest BCUT2D eigenvalue weighted by atomic mass is 35.5. The molecule has 0 atom stereocenters. The lowest BCUT2D eigenvalue weighted by Crippen LogP contribution is -2.03. The van der Waals surface area contributed by atoms with Gasteiger partial charge in [0.05, 0.1) is 17.3 Å². The molecule has 0 aliphatic rings. The molecule has 0 N–H and O–H groups in total. The van der Waals surface area contributed by atoms with E-state index in [4.69, 9.17) is 11.6 Å². The Labute approximate surface area is 107 Å². The van der Waals surface area contributed by atoms with Gasteiger partial charge in [0.2, 0.25) is 0 Å². The first-order chi connectivity index (χ1) is 8.20. The van der Waals surface area contributed by atoms with E-state index in [0.717, 1.165) is 27.9 Å². The van der Waals surface area contributed by atoms with Crippen molar-refractivity contribution in [2.75, 3.05) is 0 Å². The van der Waals surface area contributed by atoms with E-state index < -0.39 is 0 Å². The number of aryl methyl sites for hydroxylation is 2. The van der Waals surface area contributed by atoms with E-state index in [1.807, 2.05) is 40.6 Å². The van der Waals surface area contributed by atoms with E-state index in [1.165, 1.54) is 0 Å². The molecule has 0 aliphatic heterocycles. The largest absolute Gasteiger partial charge is 0.291 e. The van der Waals surface area contributed by atoms with Crippen molar-refractivity contribution < 1.29 is 0 Å². The van der Waals surface area contributed by atoms with Gasteiger partial charge in [-0.2, -0.15) is 10.1 Å². The predicted molar refractivity (Wildman–Crippen MR) is 69.2 cm³/mol. The van der Waals surface area contributed by atoms with Crippen LogP contribution in [-0.4, -0.2) is 19.2 Å². The van der Waals surface area contributed by atoms with Gasteiger partial charge in [-0.1, -0.05) is 0 Å². The summed E-state index contributed by atoms with van der Waals surface area (Å²) >= 11 is 7.62. The van der Waals surface area contributed by atoms with E-state index in [2.05, 4.69) is 10.1 Å². The number of thiazole rings is 1. The third kappa shape index (κ3) is 1.57. The highest BCUT2D eigenvalue weighted by molar-refractivity contribution is 7.15. The highest BCUT2D eigenvalue weighted by Crippen LogP contribution is 2.23. The molecule has 3 rings (SSSR count). The SMILES string of the molecule is Cc1cc(C)n(-c2nc3sccn3c2CCl)n1. The van der Waals surface area contributed by atoms with Crippen molar-refractivity contribution in [3.8, 4) is 5.82 Å². The van der Waals surface area contributed by atoms with Gasteiger partial charge < -0.3 is 0 Å². The lowest BCUT2D eigenvalue weighted by atomic mass is 10.4. The van der Waals surface area contributed by atoms with Crippen LogP contribution in [0.2, 0.25) is 0 Å². The maximum Gasteiger partial charge on any atom is 0.195 e. The summed E-state index contributed by atoms with van der Waals surface area (Å²) in [6.45, 7) is 3.99. The van der Waals surface area contributed by atoms with Crippen molar-refractivity contribution in [1.82, 2.24) is 19.2 Å². The first-order valence-corrected chi connectivity index (χ1v) is 6.66. The maximum absolute atomic E-state index is 6.02. The molecule has 4 nitrogen and oxygen atoms in total. The fourth-order valence-corrected chi connectivity index (χ4v) is 2.93. The van der Waals surface area contributed by atoms with E-state index in [-0.39, 0.29) is 0 Å². The third-order valence-electron chi connectivity index (χ3n) is 2.68. The number of hydrogen-bond acceptors (Lipinski definition) is 3. The average Bonchev–Trinajstić information content (AvgIpc) is 2.91. The summed E-state index contributed by atoms with van der Waals surface area (Å²) in [5, 5.41) is 6.45. The van der Waals surface area contributed by atoms with Crippen molar-refractivity contribution in [2.45, 2.75) is 19.7 Å². The Hall–Kier alpha value is -1.33. The molecule has 0 saturated heterocycles. The molecule has 6 heteroatoms. The van der Waals surface area contributed by atoms with Crippen molar-refractivity contribution in [1.29, 1.82) is 0 Å².